The Morgan fingerprint density at radius 1 is 1.42 bits per heavy atom. The van der Waals surface area contributed by atoms with Crippen LogP contribution in [0.4, 0.5) is 5.69 Å². The van der Waals surface area contributed by atoms with Crippen LogP contribution in [0.25, 0.3) is 0 Å². The van der Waals surface area contributed by atoms with Gasteiger partial charge in [0.05, 0.1) is 7.11 Å². The van der Waals surface area contributed by atoms with Gasteiger partial charge in [0.2, 0.25) is 0 Å². The molecule has 3 nitrogen and oxygen atoms in total. The highest BCUT2D eigenvalue weighted by Crippen LogP contribution is 2.29. The number of anilines is 1. The molecule has 2 N–H and O–H groups in total. The Morgan fingerprint density at radius 2 is 2.26 bits per heavy atom. The van der Waals surface area contributed by atoms with Gasteiger partial charge in [-0.25, -0.2) is 0 Å². The summed E-state index contributed by atoms with van der Waals surface area (Å²) >= 11 is 0. The van der Waals surface area contributed by atoms with Crippen LogP contribution < -0.4 is 15.4 Å². The summed E-state index contributed by atoms with van der Waals surface area (Å²) in [6.45, 7) is 7.77. The van der Waals surface area contributed by atoms with Gasteiger partial charge in [0.15, 0.2) is 0 Å². The number of rotatable bonds is 5. The molecule has 1 aliphatic heterocycles. The van der Waals surface area contributed by atoms with Crippen LogP contribution in [0.2, 0.25) is 0 Å². The summed E-state index contributed by atoms with van der Waals surface area (Å²) in [6.07, 6.45) is 2.62. The molecule has 1 atom stereocenters. The van der Waals surface area contributed by atoms with E-state index >= 15 is 0 Å². The summed E-state index contributed by atoms with van der Waals surface area (Å²) in [5.74, 6) is 2.21. The predicted octanol–water partition coefficient (Wildman–Crippen LogP) is 3.23. The van der Waals surface area contributed by atoms with Gasteiger partial charge >= 0.3 is 0 Å². The third-order valence-corrected chi connectivity index (χ3v) is 3.85. The maximum atomic E-state index is 5.42. The van der Waals surface area contributed by atoms with E-state index in [1.54, 1.807) is 7.11 Å². The number of piperidine rings is 1. The summed E-state index contributed by atoms with van der Waals surface area (Å²) < 4.78 is 5.42. The second-order valence-electron chi connectivity index (χ2n) is 5.70. The van der Waals surface area contributed by atoms with Crippen molar-refractivity contribution in [1.82, 2.24) is 5.32 Å². The van der Waals surface area contributed by atoms with Crippen molar-refractivity contribution in [1.29, 1.82) is 0 Å². The van der Waals surface area contributed by atoms with Crippen molar-refractivity contribution >= 4 is 5.69 Å². The minimum atomic E-state index is 0.480. The fourth-order valence-corrected chi connectivity index (χ4v) is 2.66. The monoisotopic (exact) mass is 262 g/mol. The smallest absolute Gasteiger partial charge is 0.122 e. The van der Waals surface area contributed by atoms with Gasteiger partial charge in [-0.05, 0) is 61.5 Å². The van der Waals surface area contributed by atoms with Gasteiger partial charge < -0.3 is 15.4 Å². The lowest BCUT2D eigenvalue weighted by Gasteiger charge is -2.23. The lowest BCUT2D eigenvalue weighted by molar-refractivity contribution is 0.392. The maximum Gasteiger partial charge on any atom is 0.122 e. The first kappa shape index (κ1) is 14.2. The molecule has 0 saturated carbocycles. The van der Waals surface area contributed by atoms with Crippen molar-refractivity contribution < 1.29 is 4.74 Å². The van der Waals surface area contributed by atoms with E-state index in [0.29, 0.717) is 5.92 Å². The molecule has 1 aromatic carbocycles. The van der Waals surface area contributed by atoms with E-state index in [4.69, 9.17) is 4.74 Å². The van der Waals surface area contributed by atoms with Gasteiger partial charge in [-0.15, -0.1) is 0 Å². The van der Waals surface area contributed by atoms with E-state index in [0.717, 1.165) is 24.8 Å². The zero-order valence-electron chi connectivity index (χ0n) is 12.3. The Balaban J connectivity index is 1.98. The Hall–Kier alpha value is -1.22. The second kappa shape index (κ2) is 6.80. The lowest BCUT2D eigenvalue weighted by atomic mass is 9.99. The SMILES string of the molecule is COc1ccc(NCC2CCCNC2)cc1C(C)C. The molecule has 0 spiro atoms. The Morgan fingerprint density at radius 3 is 2.89 bits per heavy atom. The van der Waals surface area contributed by atoms with Crippen LogP contribution in [0.5, 0.6) is 5.75 Å². The molecule has 19 heavy (non-hydrogen) atoms. The molecule has 2 rings (SSSR count). The van der Waals surface area contributed by atoms with Crippen molar-refractivity contribution in [3.63, 3.8) is 0 Å². The second-order valence-corrected chi connectivity index (χ2v) is 5.70. The van der Waals surface area contributed by atoms with Gasteiger partial charge in [0, 0.05) is 12.2 Å². The molecule has 1 saturated heterocycles. The van der Waals surface area contributed by atoms with Gasteiger partial charge in [0.25, 0.3) is 0 Å². The number of nitrogens with one attached hydrogen (secondary N) is 2. The first-order valence-corrected chi connectivity index (χ1v) is 7.33. The fourth-order valence-electron chi connectivity index (χ4n) is 2.66. The minimum Gasteiger partial charge on any atom is -0.496 e. The Kier molecular flexibility index (Phi) is 5.08. The van der Waals surface area contributed by atoms with Gasteiger partial charge in [-0.1, -0.05) is 13.8 Å². The van der Waals surface area contributed by atoms with E-state index < -0.39 is 0 Å². The normalized spacial score (nSPS) is 19.5. The topological polar surface area (TPSA) is 33.3 Å². The van der Waals surface area contributed by atoms with Crippen LogP contribution in [0.3, 0.4) is 0 Å². The molecular formula is C16H26N2O. The van der Waals surface area contributed by atoms with Crippen molar-refractivity contribution in [3.8, 4) is 5.75 Å². The molecule has 0 amide bonds. The summed E-state index contributed by atoms with van der Waals surface area (Å²) in [5.41, 5.74) is 2.48. The van der Waals surface area contributed by atoms with Crippen LogP contribution in [-0.2, 0) is 0 Å². The highest BCUT2D eigenvalue weighted by Gasteiger charge is 2.13. The van der Waals surface area contributed by atoms with Crippen molar-refractivity contribution in [2.75, 3.05) is 32.1 Å². The third-order valence-electron chi connectivity index (χ3n) is 3.85. The van der Waals surface area contributed by atoms with E-state index in [1.165, 1.54) is 30.6 Å². The number of methoxy groups -OCH3 is 1. The summed E-state index contributed by atoms with van der Waals surface area (Å²) in [4.78, 5) is 0. The molecule has 1 fully saturated rings. The zero-order valence-corrected chi connectivity index (χ0v) is 12.3. The average Bonchev–Trinajstić information content (AvgIpc) is 2.46. The van der Waals surface area contributed by atoms with Gasteiger partial charge in [0.1, 0.15) is 5.75 Å². The number of hydrogen-bond acceptors (Lipinski definition) is 3. The molecule has 0 radical (unpaired) electrons. The number of ether oxygens (including phenoxy) is 1. The van der Waals surface area contributed by atoms with Crippen molar-refractivity contribution in [2.24, 2.45) is 5.92 Å². The van der Waals surface area contributed by atoms with E-state index in [9.17, 15) is 0 Å². The third kappa shape index (κ3) is 3.87. The van der Waals surface area contributed by atoms with Crippen molar-refractivity contribution in [2.45, 2.75) is 32.6 Å². The van der Waals surface area contributed by atoms with Gasteiger partial charge in [-0.2, -0.15) is 0 Å². The fraction of sp³-hybridized carbons (Fsp3) is 0.625. The molecule has 106 valence electrons. The predicted molar refractivity (Wildman–Crippen MR) is 81.2 cm³/mol. The van der Waals surface area contributed by atoms with E-state index in [1.807, 2.05) is 0 Å². The quantitative estimate of drug-likeness (QED) is 0.854. The molecule has 1 aromatic rings. The van der Waals surface area contributed by atoms with E-state index in [2.05, 4.69) is 42.7 Å². The highest BCUT2D eigenvalue weighted by molar-refractivity contribution is 5.52. The molecule has 0 aliphatic carbocycles. The molecule has 1 aliphatic rings. The van der Waals surface area contributed by atoms with Crippen LogP contribution in [-0.4, -0.2) is 26.7 Å². The zero-order chi connectivity index (χ0) is 13.7. The van der Waals surface area contributed by atoms with Crippen LogP contribution >= 0.6 is 0 Å². The largest absolute Gasteiger partial charge is 0.496 e. The molecular weight excluding hydrogens is 236 g/mol. The highest BCUT2D eigenvalue weighted by atomic mass is 16.5. The lowest BCUT2D eigenvalue weighted by Crippen LogP contribution is -2.33. The number of benzene rings is 1. The van der Waals surface area contributed by atoms with E-state index in [-0.39, 0.29) is 0 Å². The van der Waals surface area contributed by atoms with Crippen LogP contribution in [0, 0.1) is 5.92 Å². The molecule has 1 unspecified atom stereocenters. The summed E-state index contributed by atoms with van der Waals surface area (Å²) in [6, 6.07) is 6.40. The minimum absolute atomic E-state index is 0.480. The molecule has 0 bridgehead atoms. The van der Waals surface area contributed by atoms with Gasteiger partial charge in [-0.3, -0.25) is 0 Å². The Labute approximate surface area is 116 Å². The first-order chi connectivity index (χ1) is 9.20. The molecule has 1 heterocycles. The Bertz CT molecular complexity index is 398. The standard InChI is InChI=1S/C16H26N2O/c1-12(2)15-9-14(6-7-16(15)19-3)18-11-13-5-4-8-17-10-13/h6-7,9,12-13,17-18H,4-5,8,10-11H2,1-3H3. The van der Waals surface area contributed by atoms with Crippen LogP contribution in [0.15, 0.2) is 18.2 Å². The van der Waals surface area contributed by atoms with Crippen molar-refractivity contribution in [3.05, 3.63) is 23.8 Å². The maximum absolute atomic E-state index is 5.42. The molecule has 0 aromatic heterocycles. The number of hydrogen-bond donors (Lipinski definition) is 2. The molecule has 3 heteroatoms. The average molecular weight is 262 g/mol. The van der Waals surface area contributed by atoms with Crippen LogP contribution in [0.1, 0.15) is 38.2 Å². The summed E-state index contributed by atoms with van der Waals surface area (Å²) in [5, 5.41) is 7.02. The summed E-state index contributed by atoms with van der Waals surface area (Å²) in [7, 11) is 1.74. The first-order valence-electron chi connectivity index (χ1n) is 7.33.